The van der Waals surface area contributed by atoms with Crippen LogP contribution in [0.5, 0.6) is 0 Å². The lowest BCUT2D eigenvalue weighted by molar-refractivity contribution is 0.184. The number of imidazole rings is 1. The van der Waals surface area contributed by atoms with Gasteiger partial charge in [0, 0.05) is 24.8 Å². The van der Waals surface area contributed by atoms with E-state index >= 15 is 0 Å². The van der Waals surface area contributed by atoms with Gasteiger partial charge in [-0.15, -0.1) is 0 Å². The van der Waals surface area contributed by atoms with Crippen LogP contribution < -0.4 is 0 Å². The number of H-pyrrole nitrogens is 1. The van der Waals surface area contributed by atoms with Gasteiger partial charge >= 0.3 is 0 Å². The summed E-state index contributed by atoms with van der Waals surface area (Å²) in [7, 11) is 0. The van der Waals surface area contributed by atoms with Crippen LogP contribution in [0.2, 0.25) is 0 Å². The van der Waals surface area contributed by atoms with Crippen molar-refractivity contribution in [1.29, 1.82) is 0 Å². The minimum absolute atomic E-state index is 0.570. The maximum Gasteiger partial charge on any atom is 0.0925 e. The summed E-state index contributed by atoms with van der Waals surface area (Å²) in [4.78, 5) is 10.1. The molecular weight excluding hydrogens is 242 g/mol. The molecule has 2 aromatic heterocycles. The average molecular weight is 263 g/mol. The van der Waals surface area contributed by atoms with E-state index in [1.54, 1.807) is 17.7 Å². The van der Waals surface area contributed by atoms with Crippen molar-refractivity contribution in [3.05, 3.63) is 40.1 Å². The third kappa shape index (κ3) is 3.21. The fraction of sp³-hybridized carbons (Fsp3) is 0.500. The van der Waals surface area contributed by atoms with Gasteiger partial charge in [-0.1, -0.05) is 6.92 Å². The summed E-state index contributed by atoms with van der Waals surface area (Å²) in [6.45, 7) is 8.53. The van der Waals surface area contributed by atoms with Crippen molar-refractivity contribution < 1.29 is 0 Å². The fourth-order valence-corrected chi connectivity index (χ4v) is 2.64. The minimum atomic E-state index is 0.570. The highest BCUT2D eigenvalue weighted by Crippen LogP contribution is 2.16. The van der Waals surface area contributed by atoms with Crippen molar-refractivity contribution in [3.63, 3.8) is 0 Å². The van der Waals surface area contributed by atoms with Crippen LogP contribution in [0.3, 0.4) is 0 Å². The molecule has 0 spiro atoms. The van der Waals surface area contributed by atoms with Gasteiger partial charge in [0.1, 0.15) is 0 Å². The Kier molecular flexibility index (Phi) is 4.55. The van der Waals surface area contributed by atoms with Crippen molar-refractivity contribution in [3.8, 4) is 0 Å². The largest absolute Gasteiger partial charge is 0.348 e. The number of hydrogen-bond donors (Lipinski definition) is 1. The van der Waals surface area contributed by atoms with E-state index < -0.39 is 0 Å². The van der Waals surface area contributed by atoms with Gasteiger partial charge < -0.3 is 4.98 Å². The molecule has 0 bridgehead atoms. The maximum absolute atomic E-state index is 4.41. The Balaban J connectivity index is 2.08. The van der Waals surface area contributed by atoms with E-state index in [2.05, 4.69) is 52.5 Å². The van der Waals surface area contributed by atoms with E-state index in [1.165, 1.54) is 11.3 Å². The van der Waals surface area contributed by atoms with Crippen LogP contribution in [0.25, 0.3) is 0 Å². The van der Waals surface area contributed by atoms with E-state index in [4.69, 9.17) is 0 Å². The maximum atomic E-state index is 4.41. The highest BCUT2D eigenvalue weighted by atomic mass is 32.1. The van der Waals surface area contributed by atoms with Crippen molar-refractivity contribution in [2.75, 3.05) is 0 Å². The summed E-state index contributed by atoms with van der Waals surface area (Å²) in [5.41, 5.74) is 3.73. The van der Waals surface area contributed by atoms with Gasteiger partial charge in [-0.05, 0) is 42.7 Å². The molecular formula is C14H21N3S. The number of aromatic amines is 1. The van der Waals surface area contributed by atoms with E-state index in [0.717, 1.165) is 25.2 Å². The first-order valence-electron chi connectivity index (χ1n) is 6.44. The molecule has 0 aliphatic heterocycles. The van der Waals surface area contributed by atoms with Crippen LogP contribution in [-0.2, 0) is 13.1 Å². The zero-order valence-electron chi connectivity index (χ0n) is 11.3. The monoisotopic (exact) mass is 263 g/mol. The van der Waals surface area contributed by atoms with Crippen LogP contribution >= 0.6 is 11.3 Å². The molecule has 3 nitrogen and oxygen atoms in total. The van der Waals surface area contributed by atoms with E-state index in [9.17, 15) is 0 Å². The second kappa shape index (κ2) is 6.16. The van der Waals surface area contributed by atoms with E-state index in [1.807, 2.05) is 0 Å². The lowest BCUT2D eigenvalue weighted by Crippen LogP contribution is -2.31. The van der Waals surface area contributed by atoms with Gasteiger partial charge in [0.15, 0.2) is 0 Å². The lowest BCUT2D eigenvalue weighted by Gasteiger charge is -2.27. The molecule has 2 aromatic rings. The SMILES string of the molecule is CCC(C)N(Cc1ccsc1)Cc1nc[nH]c1C. The summed E-state index contributed by atoms with van der Waals surface area (Å²) < 4.78 is 0. The normalized spacial score (nSPS) is 13.1. The first kappa shape index (κ1) is 13.3. The van der Waals surface area contributed by atoms with Gasteiger partial charge in [-0.25, -0.2) is 4.98 Å². The second-order valence-corrected chi connectivity index (χ2v) is 5.55. The van der Waals surface area contributed by atoms with Crippen LogP contribution in [0.15, 0.2) is 23.2 Å². The zero-order chi connectivity index (χ0) is 13.0. The van der Waals surface area contributed by atoms with Crippen LogP contribution in [0.4, 0.5) is 0 Å². The van der Waals surface area contributed by atoms with Gasteiger partial charge in [-0.2, -0.15) is 11.3 Å². The molecule has 0 saturated heterocycles. The predicted octanol–water partition coefficient (Wildman–Crippen LogP) is 3.58. The second-order valence-electron chi connectivity index (χ2n) is 4.77. The Hall–Kier alpha value is -1.13. The molecule has 1 atom stereocenters. The molecule has 18 heavy (non-hydrogen) atoms. The number of hydrogen-bond acceptors (Lipinski definition) is 3. The van der Waals surface area contributed by atoms with E-state index in [0.29, 0.717) is 6.04 Å². The Labute approximate surface area is 113 Å². The summed E-state index contributed by atoms with van der Waals surface area (Å²) in [5.74, 6) is 0. The van der Waals surface area contributed by atoms with Gasteiger partial charge in [0.25, 0.3) is 0 Å². The molecule has 2 heterocycles. The Bertz CT molecular complexity index is 461. The molecule has 0 aliphatic rings. The fourth-order valence-electron chi connectivity index (χ4n) is 1.98. The molecule has 4 heteroatoms. The molecule has 0 aromatic carbocycles. The van der Waals surface area contributed by atoms with Crippen molar-refractivity contribution in [1.82, 2.24) is 14.9 Å². The third-order valence-corrected chi connectivity index (χ3v) is 4.20. The standard InChI is InChI=1S/C14H21N3S/c1-4-11(2)17(7-13-5-6-18-9-13)8-14-12(3)15-10-16-14/h5-6,9-11H,4,7-8H2,1-3H3,(H,15,16). The molecule has 0 aliphatic carbocycles. The van der Waals surface area contributed by atoms with Crippen LogP contribution in [0, 0.1) is 6.92 Å². The van der Waals surface area contributed by atoms with E-state index in [-0.39, 0.29) is 0 Å². The molecule has 0 saturated carbocycles. The smallest absolute Gasteiger partial charge is 0.0925 e. The summed E-state index contributed by atoms with van der Waals surface area (Å²) in [6.07, 6.45) is 2.94. The number of nitrogens with one attached hydrogen (secondary N) is 1. The topological polar surface area (TPSA) is 31.9 Å². The first-order valence-corrected chi connectivity index (χ1v) is 7.39. The highest BCUT2D eigenvalue weighted by Gasteiger charge is 2.15. The Morgan fingerprint density at radius 2 is 2.28 bits per heavy atom. The molecule has 98 valence electrons. The predicted molar refractivity (Wildman–Crippen MR) is 76.6 cm³/mol. The van der Waals surface area contributed by atoms with Crippen LogP contribution in [-0.4, -0.2) is 20.9 Å². The van der Waals surface area contributed by atoms with Gasteiger partial charge in [0.2, 0.25) is 0 Å². The van der Waals surface area contributed by atoms with Gasteiger partial charge in [-0.3, -0.25) is 4.90 Å². The highest BCUT2D eigenvalue weighted by molar-refractivity contribution is 7.07. The van der Waals surface area contributed by atoms with Gasteiger partial charge in [0.05, 0.1) is 12.0 Å². The minimum Gasteiger partial charge on any atom is -0.348 e. The van der Waals surface area contributed by atoms with Crippen molar-refractivity contribution in [2.24, 2.45) is 0 Å². The quantitative estimate of drug-likeness (QED) is 0.864. The third-order valence-electron chi connectivity index (χ3n) is 3.47. The molecule has 0 amide bonds. The first-order chi connectivity index (χ1) is 8.70. The van der Waals surface area contributed by atoms with Crippen LogP contribution in [0.1, 0.15) is 37.2 Å². The zero-order valence-corrected chi connectivity index (χ0v) is 12.1. The van der Waals surface area contributed by atoms with Crippen molar-refractivity contribution >= 4 is 11.3 Å². The number of aryl methyl sites for hydroxylation is 1. The molecule has 1 N–H and O–H groups in total. The number of thiophene rings is 1. The molecule has 0 fully saturated rings. The number of rotatable bonds is 6. The number of aromatic nitrogens is 2. The molecule has 1 unspecified atom stereocenters. The van der Waals surface area contributed by atoms with Crippen molar-refractivity contribution in [2.45, 2.75) is 46.3 Å². The Morgan fingerprint density at radius 3 is 2.83 bits per heavy atom. The summed E-state index contributed by atoms with van der Waals surface area (Å²) in [5, 5.41) is 4.37. The molecule has 2 rings (SSSR count). The lowest BCUT2D eigenvalue weighted by atomic mass is 10.1. The number of nitrogens with zero attached hydrogens (tertiary/aromatic N) is 2. The average Bonchev–Trinajstić information content (AvgIpc) is 3.00. The molecule has 0 radical (unpaired) electrons. The summed E-state index contributed by atoms with van der Waals surface area (Å²) in [6, 6.07) is 2.78. The summed E-state index contributed by atoms with van der Waals surface area (Å²) >= 11 is 1.76. The Morgan fingerprint density at radius 1 is 1.44 bits per heavy atom.